The van der Waals surface area contributed by atoms with Gasteiger partial charge in [0.15, 0.2) is 21.8 Å². The van der Waals surface area contributed by atoms with Gasteiger partial charge in [0.2, 0.25) is 5.88 Å². The number of aromatic nitrogens is 4. The third-order valence-electron chi connectivity index (χ3n) is 10.4. The molecule has 2 aliphatic rings. The Balaban J connectivity index is 0.000000186. The van der Waals surface area contributed by atoms with E-state index in [1.165, 1.54) is 22.7 Å². The van der Waals surface area contributed by atoms with E-state index in [0.29, 0.717) is 57.6 Å². The predicted molar refractivity (Wildman–Crippen MR) is 242 cm³/mol. The van der Waals surface area contributed by atoms with E-state index in [-0.39, 0.29) is 23.4 Å². The number of ether oxygens (including phenoxy) is 2. The van der Waals surface area contributed by atoms with Crippen molar-refractivity contribution in [3.63, 3.8) is 0 Å². The van der Waals surface area contributed by atoms with E-state index in [9.17, 15) is 19.2 Å². The molecule has 4 heterocycles. The largest absolute Gasteiger partial charge is 0.486 e. The average molecular weight is 873 g/mol. The number of anilines is 4. The lowest BCUT2D eigenvalue weighted by molar-refractivity contribution is 0.0916. The molecule has 0 saturated heterocycles. The fourth-order valence-electron chi connectivity index (χ4n) is 7.29. The molecule has 8 rings (SSSR count). The Hall–Kier alpha value is -6.52. The molecular formula is C46H48N8O6S2. The number of thiazole rings is 2. The van der Waals surface area contributed by atoms with Crippen LogP contribution in [0.25, 0.3) is 0 Å². The number of urea groups is 2. The van der Waals surface area contributed by atoms with Crippen LogP contribution >= 0.6 is 22.7 Å². The van der Waals surface area contributed by atoms with Crippen molar-refractivity contribution in [1.29, 1.82) is 0 Å². The topological polar surface area (TPSA) is 186 Å². The van der Waals surface area contributed by atoms with E-state index in [4.69, 9.17) is 9.47 Å². The minimum absolute atomic E-state index is 0.0473. The van der Waals surface area contributed by atoms with E-state index in [2.05, 4.69) is 41.2 Å². The van der Waals surface area contributed by atoms with E-state index >= 15 is 0 Å². The summed E-state index contributed by atoms with van der Waals surface area (Å²) in [5.41, 5.74) is 4.18. The summed E-state index contributed by atoms with van der Waals surface area (Å²) in [5, 5.41) is 12.0. The second-order valence-electron chi connectivity index (χ2n) is 15.1. The molecule has 16 heteroatoms. The summed E-state index contributed by atoms with van der Waals surface area (Å²) in [6.45, 7) is 4.54. The molecular weight excluding hydrogens is 825 g/mol. The Morgan fingerprint density at radius 2 is 1.13 bits per heavy atom. The maximum Gasteiger partial charge on any atom is 0.325 e. The SMILES string of the molecule is Cc1ccc(NC(=O)Nc2ncc(COc3ccccn3)s2)c(C(=O)C2CCCC2)c1.Cc1ccc(NC(=O)Nc2ncc(COc3cccnc3)s2)c(C(=O)C2CCCC2)c1. The zero-order chi connectivity index (χ0) is 43.3. The van der Waals surface area contributed by atoms with Crippen LogP contribution < -0.4 is 30.7 Å². The monoisotopic (exact) mass is 872 g/mol. The van der Waals surface area contributed by atoms with Gasteiger partial charge in [-0.3, -0.25) is 25.2 Å². The number of nitrogens with zero attached hydrogens (tertiary/aromatic N) is 4. The van der Waals surface area contributed by atoms with Crippen molar-refractivity contribution in [3.8, 4) is 11.6 Å². The van der Waals surface area contributed by atoms with Gasteiger partial charge >= 0.3 is 12.1 Å². The highest BCUT2D eigenvalue weighted by Crippen LogP contribution is 2.33. The second kappa shape index (κ2) is 21.3. The first-order valence-electron chi connectivity index (χ1n) is 20.6. The first-order valence-corrected chi connectivity index (χ1v) is 22.2. The predicted octanol–water partition coefficient (Wildman–Crippen LogP) is 10.9. The standard InChI is InChI=1S/2C23H24N4O3S/c1-15-9-10-19(18(12-15)21(28)16-6-2-3-7-16)26-22(29)27-23-25-13-17(31-23)14-30-20-8-4-5-11-24-20;1-15-8-9-20(19(11-15)21(28)16-5-2-3-6-16)26-22(29)27-23-25-13-18(31-23)14-30-17-7-4-10-24-12-17/h4-5,8-13,16H,2-3,6-7,14H2,1H3,(H2,25,26,27,29);4,7-13,16H,2-3,5-6,14H2,1H3,(H2,25,26,27,29). The van der Waals surface area contributed by atoms with Gasteiger partial charge in [-0.2, -0.15) is 0 Å². The summed E-state index contributed by atoms with van der Waals surface area (Å²) in [6, 6.07) is 19.3. The van der Waals surface area contributed by atoms with Gasteiger partial charge in [-0.05, 0) is 82.0 Å². The summed E-state index contributed by atoms with van der Waals surface area (Å²) >= 11 is 2.65. The van der Waals surface area contributed by atoms with Crippen molar-refractivity contribution in [1.82, 2.24) is 19.9 Å². The summed E-state index contributed by atoms with van der Waals surface area (Å²) in [7, 11) is 0. The quantitative estimate of drug-likeness (QED) is 0.0767. The Labute approximate surface area is 368 Å². The Morgan fingerprint density at radius 3 is 1.61 bits per heavy atom. The number of hydrogen-bond acceptors (Lipinski definition) is 12. The smallest absolute Gasteiger partial charge is 0.325 e. The van der Waals surface area contributed by atoms with Crippen molar-refractivity contribution < 1.29 is 28.7 Å². The number of benzene rings is 2. The molecule has 320 valence electrons. The number of pyridine rings is 2. The molecule has 0 unspecified atom stereocenters. The molecule has 4 N–H and O–H groups in total. The van der Waals surface area contributed by atoms with Crippen molar-refractivity contribution in [2.45, 2.75) is 78.4 Å². The highest BCUT2D eigenvalue weighted by molar-refractivity contribution is 7.16. The van der Waals surface area contributed by atoms with Crippen molar-refractivity contribution in [3.05, 3.63) is 130 Å². The van der Waals surface area contributed by atoms with Gasteiger partial charge in [0.25, 0.3) is 0 Å². The number of nitrogens with one attached hydrogen (secondary N) is 4. The zero-order valence-corrected chi connectivity index (χ0v) is 36.2. The molecule has 14 nitrogen and oxygen atoms in total. The number of aryl methyl sites for hydroxylation is 2. The van der Waals surface area contributed by atoms with Crippen molar-refractivity contribution >= 4 is 67.9 Å². The van der Waals surface area contributed by atoms with Crippen LogP contribution in [0.2, 0.25) is 0 Å². The number of Topliss-reactive ketones (excluding diaryl/α,β-unsaturated/α-hetero) is 2. The lowest BCUT2D eigenvalue weighted by atomic mass is 9.94. The molecule has 4 aromatic heterocycles. The molecule has 0 bridgehead atoms. The number of carbonyl (C=O) groups excluding carboxylic acids is 4. The highest BCUT2D eigenvalue weighted by atomic mass is 32.1. The van der Waals surface area contributed by atoms with E-state index < -0.39 is 12.1 Å². The molecule has 0 radical (unpaired) electrons. The molecule has 2 aliphatic carbocycles. The molecule has 4 amide bonds. The fraction of sp³-hybridized carbons (Fsp3) is 0.304. The molecule has 2 fully saturated rings. The van der Waals surface area contributed by atoms with Crippen LogP contribution in [0.3, 0.4) is 0 Å². The maximum atomic E-state index is 13.0. The number of hydrogen-bond donors (Lipinski definition) is 4. The van der Waals surface area contributed by atoms with Gasteiger partial charge < -0.3 is 20.1 Å². The minimum atomic E-state index is -0.434. The van der Waals surface area contributed by atoms with Gasteiger partial charge in [-0.1, -0.05) is 77.7 Å². The van der Waals surface area contributed by atoms with E-state index in [1.54, 1.807) is 55.2 Å². The highest BCUT2D eigenvalue weighted by Gasteiger charge is 2.27. The maximum absolute atomic E-state index is 13.0. The summed E-state index contributed by atoms with van der Waals surface area (Å²) < 4.78 is 11.3. The normalized spacial score (nSPS) is 13.7. The summed E-state index contributed by atoms with van der Waals surface area (Å²) in [6.07, 6.45) is 16.3. The molecule has 2 aromatic carbocycles. The van der Waals surface area contributed by atoms with Crippen LogP contribution in [0.4, 0.5) is 31.2 Å². The molecule has 2 saturated carbocycles. The number of rotatable bonds is 14. The lowest BCUT2D eigenvalue weighted by Crippen LogP contribution is -2.22. The summed E-state index contributed by atoms with van der Waals surface area (Å²) in [4.78, 5) is 69.3. The van der Waals surface area contributed by atoms with Crippen LogP contribution in [0, 0.1) is 25.7 Å². The van der Waals surface area contributed by atoms with Crippen molar-refractivity contribution in [2.75, 3.05) is 21.3 Å². The van der Waals surface area contributed by atoms with Crippen LogP contribution in [-0.2, 0) is 13.2 Å². The van der Waals surface area contributed by atoms with Crippen LogP contribution in [0.1, 0.15) is 93.0 Å². The average Bonchev–Trinajstić information content (AvgIpc) is 4.14. The molecule has 0 spiro atoms. The Bertz CT molecular complexity index is 2290. The van der Waals surface area contributed by atoms with Crippen molar-refractivity contribution in [2.24, 2.45) is 11.8 Å². The number of ketones is 2. The number of amides is 4. The molecule has 0 aliphatic heterocycles. The Morgan fingerprint density at radius 1 is 0.597 bits per heavy atom. The zero-order valence-electron chi connectivity index (χ0n) is 34.5. The molecule has 0 atom stereocenters. The first-order chi connectivity index (χ1) is 30.2. The lowest BCUT2D eigenvalue weighted by Gasteiger charge is -2.14. The van der Waals surface area contributed by atoms with Gasteiger partial charge in [0.1, 0.15) is 19.0 Å². The van der Waals surface area contributed by atoms with E-state index in [1.807, 2.05) is 56.3 Å². The van der Waals surface area contributed by atoms with Gasteiger partial charge in [0, 0.05) is 53.8 Å². The van der Waals surface area contributed by atoms with Gasteiger partial charge in [0.05, 0.1) is 27.3 Å². The minimum Gasteiger partial charge on any atom is -0.486 e. The Kier molecular flexibility index (Phi) is 15.0. The van der Waals surface area contributed by atoms with Crippen LogP contribution in [0.15, 0.2) is 97.7 Å². The van der Waals surface area contributed by atoms with Gasteiger partial charge in [-0.25, -0.2) is 24.5 Å². The molecule has 62 heavy (non-hydrogen) atoms. The fourth-order valence-corrected chi connectivity index (χ4v) is 8.73. The summed E-state index contributed by atoms with van der Waals surface area (Å²) in [5.74, 6) is 1.52. The third-order valence-corrected chi connectivity index (χ3v) is 12.2. The molecule has 6 aromatic rings. The van der Waals surface area contributed by atoms with Crippen LogP contribution in [0.5, 0.6) is 11.6 Å². The first kappa shape index (κ1) is 43.6. The van der Waals surface area contributed by atoms with E-state index in [0.717, 1.165) is 72.2 Å². The third kappa shape index (κ3) is 12.3. The van der Waals surface area contributed by atoms with Gasteiger partial charge in [-0.15, -0.1) is 0 Å². The number of carbonyl (C=O) groups is 4. The van der Waals surface area contributed by atoms with Crippen LogP contribution in [-0.4, -0.2) is 43.6 Å². The second-order valence-corrected chi connectivity index (χ2v) is 17.4.